The van der Waals surface area contributed by atoms with E-state index in [2.05, 4.69) is 32.9 Å². The molecule has 1 aromatic carbocycles. The quantitative estimate of drug-likeness (QED) is 0.832. The second-order valence-electron chi connectivity index (χ2n) is 5.23. The van der Waals surface area contributed by atoms with Gasteiger partial charge in [-0.3, -0.25) is 4.98 Å². The van der Waals surface area contributed by atoms with Crippen LogP contribution in [0.25, 0.3) is 0 Å². The number of rotatable bonds is 7. The van der Waals surface area contributed by atoms with Crippen molar-refractivity contribution in [2.24, 2.45) is 0 Å². The number of nitrogens with zero attached hydrogens (tertiary/aromatic N) is 2. The average molecular weight is 349 g/mol. The molecule has 1 unspecified atom stereocenters. The van der Waals surface area contributed by atoms with Crippen molar-refractivity contribution in [3.05, 3.63) is 64.4 Å². The molecule has 21 heavy (non-hydrogen) atoms. The van der Waals surface area contributed by atoms with E-state index in [1.807, 2.05) is 48.7 Å². The summed E-state index contributed by atoms with van der Waals surface area (Å²) in [6.07, 6.45) is 3.09. The topological polar surface area (TPSA) is 36.4 Å². The molecule has 0 amide bonds. The van der Waals surface area contributed by atoms with Crippen molar-refractivity contribution in [1.29, 1.82) is 0 Å². The number of aromatic nitrogens is 1. The second kappa shape index (κ2) is 8.27. The SMILES string of the molecule is CN(CCc1ccccn1)CCC(O)c1ccc(Br)cc1. The Labute approximate surface area is 134 Å². The smallest absolute Gasteiger partial charge is 0.0802 e. The Bertz CT molecular complexity index is 530. The van der Waals surface area contributed by atoms with E-state index in [0.717, 1.165) is 41.7 Å². The molecular weight excluding hydrogens is 328 g/mol. The molecule has 1 aromatic heterocycles. The molecule has 1 heterocycles. The first-order chi connectivity index (χ1) is 10.1. The van der Waals surface area contributed by atoms with Crippen LogP contribution >= 0.6 is 15.9 Å². The zero-order valence-electron chi connectivity index (χ0n) is 12.2. The molecule has 0 aliphatic rings. The van der Waals surface area contributed by atoms with Crippen molar-refractivity contribution in [3.63, 3.8) is 0 Å². The molecule has 0 aliphatic carbocycles. The maximum atomic E-state index is 10.2. The molecule has 0 fully saturated rings. The highest BCUT2D eigenvalue weighted by Gasteiger charge is 2.09. The molecule has 0 spiro atoms. The normalized spacial score (nSPS) is 12.6. The maximum Gasteiger partial charge on any atom is 0.0802 e. The van der Waals surface area contributed by atoms with Gasteiger partial charge >= 0.3 is 0 Å². The fourth-order valence-electron chi connectivity index (χ4n) is 2.16. The Morgan fingerprint density at radius 3 is 2.57 bits per heavy atom. The molecule has 0 bridgehead atoms. The summed E-state index contributed by atoms with van der Waals surface area (Å²) in [5, 5.41) is 10.2. The molecule has 0 aliphatic heterocycles. The average Bonchev–Trinajstić information content (AvgIpc) is 2.52. The lowest BCUT2D eigenvalue weighted by molar-refractivity contribution is 0.149. The summed E-state index contributed by atoms with van der Waals surface area (Å²) in [6, 6.07) is 13.8. The van der Waals surface area contributed by atoms with Gasteiger partial charge in [0.1, 0.15) is 0 Å². The number of benzene rings is 1. The van der Waals surface area contributed by atoms with Gasteiger partial charge in [-0.2, -0.15) is 0 Å². The van der Waals surface area contributed by atoms with Crippen molar-refractivity contribution < 1.29 is 5.11 Å². The summed E-state index contributed by atoms with van der Waals surface area (Å²) in [5.41, 5.74) is 2.08. The van der Waals surface area contributed by atoms with E-state index in [0.29, 0.717) is 0 Å². The van der Waals surface area contributed by atoms with E-state index in [1.165, 1.54) is 0 Å². The minimum Gasteiger partial charge on any atom is -0.388 e. The summed E-state index contributed by atoms with van der Waals surface area (Å²) < 4.78 is 1.03. The van der Waals surface area contributed by atoms with Crippen LogP contribution in [-0.2, 0) is 6.42 Å². The van der Waals surface area contributed by atoms with Gasteiger partial charge in [0.15, 0.2) is 0 Å². The molecule has 4 heteroatoms. The van der Waals surface area contributed by atoms with Crippen LogP contribution in [0.2, 0.25) is 0 Å². The highest BCUT2D eigenvalue weighted by molar-refractivity contribution is 9.10. The zero-order chi connectivity index (χ0) is 15.1. The Morgan fingerprint density at radius 1 is 1.14 bits per heavy atom. The molecule has 2 rings (SSSR count). The van der Waals surface area contributed by atoms with E-state index < -0.39 is 6.10 Å². The van der Waals surface area contributed by atoms with Gasteiger partial charge in [0.2, 0.25) is 0 Å². The first-order valence-corrected chi connectivity index (χ1v) is 7.96. The van der Waals surface area contributed by atoms with E-state index in [-0.39, 0.29) is 0 Å². The lowest BCUT2D eigenvalue weighted by atomic mass is 10.1. The first-order valence-electron chi connectivity index (χ1n) is 7.17. The molecule has 3 nitrogen and oxygen atoms in total. The van der Waals surface area contributed by atoms with Gasteiger partial charge in [0, 0.05) is 35.9 Å². The molecule has 1 N–H and O–H groups in total. The first kappa shape index (κ1) is 16.1. The number of pyridine rings is 1. The van der Waals surface area contributed by atoms with Crippen LogP contribution in [0.4, 0.5) is 0 Å². The summed E-state index contributed by atoms with van der Waals surface area (Å²) in [7, 11) is 2.08. The van der Waals surface area contributed by atoms with Crippen molar-refractivity contribution in [1.82, 2.24) is 9.88 Å². The van der Waals surface area contributed by atoms with Gasteiger partial charge in [-0.25, -0.2) is 0 Å². The third kappa shape index (κ3) is 5.58. The molecule has 2 aromatic rings. The summed E-state index contributed by atoms with van der Waals surface area (Å²) in [5.74, 6) is 0. The van der Waals surface area contributed by atoms with Gasteiger partial charge in [-0.1, -0.05) is 34.1 Å². The highest BCUT2D eigenvalue weighted by atomic mass is 79.9. The minimum absolute atomic E-state index is 0.407. The number of likely N-dealkylation sites (N-methyl/N-ethyl adjacent to an activating group) is 1. The summed E-state index contributed by atoms with van der Waals surface area (Å²) in [4.78, 5) is 6.55. The molecule has 0 saturated carbocycles. The third-order valence-corrected chi connectivity index (χ3v) is 4.04. The fraction of sp³-hybridized carbons (Fsp3) is 0.353. The van der Waals surface area contributed by atoms with Crippen molar-refractivity contribution >= 4 is 15.9 Å². The Hall–Kier alpha value is -1.23. The number of aliphatic hydroxyl groups excluding tert-OH is 1. The summed E-state index contributed by atoms with van der Waals surface area (Å²) in [6.45, 7) is 1.81. The van der Waals surface area contributed by atoms with Gasteiger partial charge in [-0.15, -0.1) is 0 Å². The van der Waals surface area contributed by atoms with Gasteiger partial charge in [0.05, 0.1) is 6.10 Å². The number of halogens is 1. The van der Waals surface area contributed by atoms with Crippen molar-refractivity contribution in [3.8, 4) is 0 Å². The standard InChI is InChI=1S/C17H21BrN2O/c1-20(12-9-16-4-2-3-11-19-16)13-10-17(21)14-5-7-15(18)8-6-14/h2-8,11,17,21H,9-10,12-13H2,1H3. The lowest BCUT2D eigenvalue weighted by Gasteiger charge is -2.19. The summed E-state index contributed by atoms with van der Waals surface area (Å²) >= 11 is 3.40. The molecular formula is C17H21BrN2O. The predicted octanol–water partition coefficient (Wildman–Crippen LogP) is 3.44. The van der Waals surface area contributed by atoms with Gasteiger partial charge < -0.3 is 10.0 Å². The van der Waals surface area contributed by atoms with Crippen LogP contribution in [-0.4, -0.2) is 35.1 Å². The van der Waals surface area contributed by atoms with Gasteiger partial charge in [0.25, 0.3) is 0 Å². The third-order valence-electron chi connectivity index (χ3n) is 3.51. The molecule has 0 radical (unpaired) electrons. The number of hydrogen-bond donors (Lipinski definition) is 1. The van der Waals surface area contributed by atoms with Crippen LogP contribution < -0.4 is 0 Å². The van der Waals surface area contributed by atoms with Crippen molar-refractivity contribution in [2.75, 3.05) is 20.1 Å². The Balaban J connectivity index is 1.73. The van der Waals surface area contributed by atoms with Crippen LogP contribution in [0.3, 0.4) is 0 Å². The van der Waals surface area contributed by atoms with Crippen LogP contribution in [0.1, 0.15) is 23.8 Å². The van der Waals surface area contributed by atoms with Crippen molar-refractivity contribution in [2.45, 2.75) is 18.9 Å². The number of hydrogen-bond acceptors (Lipinski definition) is 3. The predicted molar refractivity (Wildman–Crippen MR) is 89.2 cm³/mol. The van der Waals surface area contributed by atoms with E-state index in [9.17, 15) is 5.11 Å². The Morgan fingerprint density at radius 2 is 1.90 bits per heavy atom. The molecule has 1 atom stereocenters. The van der Waals surface area contributed by atoms with Gasteiger partial charge in [-0.05, 0) is 43.3 Å². The monoisotopic (exact) mass is 348 g/mol. The second-order valence-corrected chi connectivity index (χ2v) is 6.15. The van der Waals surface area contributed by atoms with E-state index in [1.54, 1.807) is 0 Å². The van der Waals surface area contributed by atoms with Crippen LogP contribution in [0.5, 0.6) is 0 Å². The van der Waals surface area contributed by atoms with Crippen LogP contribution in [0, 0.1) is 0 Å². The Kier molecular flexibility index (Phi) is 6.36. The molecule has 112 valence electrons. The zero-order valence-corrected chi connectivity index (χ0v) is 13.8. The lowest BCUT2D eigenvalue weighted by Crippen LogP contribution is -2.24. The molecule has 0 saturated heterocycles. The maximum absolute atomic E-state index is 10.2. The largest absolute Gasteiger partial charge is 0.388 e. The van der Waals surface area contributed by atoms with E-state index >= 15 is 0 Å². The number of aliphatic hydroxyl groups is 1. The minimum atomic E-state index is -0.407. The van der Waals surface area contributed by atoms with Crippen LogP contribution in [0.15, 0.2) is 53.1 Å². The fourth-order valence-corrected chi connectivity index (χ4v) is 2.42. The highest BCUT2D eigenvalue weighted by Crippen LogP contribution is 2.19. The van der Waals surface area contributed by atoms with E-state index in [4.69, 9.17) is 0 Å².